The van der Waals surface area contributed by atoms with Crippen molar-refractivity contribution in [3.05, 3.63) is 46.0 Å². The third kappa shape index (κ3) is 3.86. The molecular formula is C18H19N5O5S2. The largest absolute Gasteiger partial charge is 0.379 e. The molecule has 12 heteroatoms. The van der Waals surface area contributed by atoms with Crippen LogP contribution in [0.4, 0.5) is 5.82 Å². The summed E-state index contributed by atoms with van der Waals surface area (Å²) in [7, 11) is -3.89. The molecular weight excluding hydrogens is 430 g/mol. The Balaban J connectivity index is 1.71. The van der Waals surface area contributed by atoms with Crippen LogP contribution in [-0.4, -0.2) is 59.5 Å². The average molecular weight is 450 g/mol. The van der Waals surface area contributed by atoms with Crippen molar-refractivity contribution in [2.45, 2.75) is 18.4 Å². The van der Waals surface area contributed by atoms with E-state index in [2.05, 4.69) is 15.3 Å². The quantitative estimate of drug-likeness (QED) is 0.612. The lowest BCUT2D eigenvalue weighted by Gasteiger charge is -2.26. The third-order valence-electron chi connectivity index (χ3n) is 4.61. The Morgan fingerprint density at radius 1 is 1.27 bits per heavy atom. The van der Waals surface area contributed by atoms with Crippen LogP contribution in [0.25, 0.3) is 10.2 Å². The van der Waals surface area contributed by atoms with Gasteiger partial charge >= 0.3 is 0 Å². The normalized spacial score (nSPS) is 15.4. The van der Waals surface area contributed by atoms with E-state index in [0.29, 0.717) is 28.7 Å². The molecule has 4 rings (SSSR count). The SMILES string of the molecule is Cc1sc2ncn(CC(=O)Nc3ccccn3)c(=O)c2c1S(=O)(=O)N1CCOCC1. The molecule has 0 radical (unpaired) electrons. The van der Waals surface area contributed by atoms with Gasteiger partial charge in [0.05, 0.1) is 24.9 Å². The van der Waals surface area contributed by atoms with Gasteiger partial charge in [-0.3, -0.25) is 14.2 Å². The molecule has 1 aliphatic heterocycles. The number of nitrogens with one attached hydrogen (secondary N) is 1. The molecule has 0 bridgehead atoms. The summed E-state index contributed by atoms with van der Waals surface area (Å²) in [5, 5.41) is 2.60. The van der Waals surface area contributed by atoms with E-state index in [9.17, 15) is 18.0 Å². The van der Waals surface area contributed by atoms with Crippen LogP contribution >= 0.6 is 11.3 Å². The molecule has 0 saturated carbocycles. The van der Waals surface area contributed by atoms with E-state index in [-0.39, 0.29) is 29.9 Å². The fourth-order valence-electron chi connectivity index (χ4n) is 3.23. The molecule has 30 heavy (non-hydrogen) atoms. The van der Waals surface area contributed by atoms with E-state index < -0.39 is 21.5 Å². The van der Waals surface area contributed by atoms with Crippen molar-refractivity contribution in [3.63, 3.8) is 0 Å². The number of amides is 1. The van der Waals surface area contributed by atoms with E-state index in [0.717, 1.165) is 15.9 Å². The first kappa shape index (κ1) is 20.6. The lowest BCUT2D eigenvalue weighted by molar-refractivity contribution is -0.116. The van der Waals surface area contributed by atoms with Gasteiger partial charge in [0.1, 0.15) is 22.1 Å². The minimum absolute atomic E-state index is 0.0112. The molecule has 158 valence electrons. The van der Waals surface area contributed by atoms with Crippen molar-refractivity contribution < 1.29 is 17.9 Å². The van der Waals surface area contributed by atoms with Gasteiger partial charge in [0.15, 0.2) is 0 Å². The van der Waals surface area contributed by atoms with Crippen LogP contribution in [0.15, 0.2) is 40.4 Å². The van der Waals surface area contributed by atoms with Gasteiger partial charge in [0.25, 0.3) is 5.56 Å². The monoisotopic (exact) mass is 449 g/mol. The molecule has 0 aliphatic carbocycles. The van der Waals surface area contributed by atoms with Crippen LogP contribution in [-0.2, 0) is 26.1 Å². The summed E-state index contributed by atoms with van der Waals surface area (Å²) in [4.78, 5) is 34.4. The molecule has 0 spiro atoms. The van der Waals surface area contributed by atoms with Gasteiger partial charge < -0.3 is 10.1 Å². The highest BCUT2D eigenvalue weighted by Gasteiger charge is 2.32. The summed E-state index contributed by atoms with van der Waals surface area (Å²) < 4.78 is 34.1. The number of morpholine rings is 1. The Morgan fingerprint density at radius 3 is 2.73 bits per heavy atom. The lowest BCUT2D eigenvalue weighted by atomic mass is 10.3. The van der Waals surface area contributed by atoms with Crippen molar-refractivity contribution in [2.24, 2.45) is 0 Å². The van der Waals surface area contributed by atoms with Crippen LogP contribution in [0.3, 0.4) is 0 Å². The highest BCUT2D eigenvalue weighted by atomic mass is 32.2. The Kier molecular flexibility index (Phi) is 5.64. The maximum Gasteiger partial charge on any atom is 0.263 e. The number of aryl methyl sites for hydroxylation is 1. The zero-order valence-electron chi connectivity index (χ0n) is 16.1. The van der Waals surface area contributed by atoms with Crippen LogP contribution in [0.1, 0.15) is 4.88 Å². The number of hydrogen-bond acceptors (Lipinski definition) is 8. The van der Waals surface area contributed by atoms with Crippen molar-refractivity contribution >= 4 is 43.3 Å². The molecule has 10 nitrogen and oxygen atoms in total. The molecule has 3 aromatic rings. The minimum atomic E-state index is -3.89. The van der Waals surface area contributed by atoms with Gasteiger partial charge in [-0.2, -0.15) is 4.31 Å². The number of carbonyl (C=O) groups is 1. The maximum atomic E-state index is 13.2. The number of nitrogens with zero attached hydrogens (tertiary/aromatic N) is 4. The zero-order valence-corrected chi connectivity index (χ0v) is 17.7. The number of fused-ring (bicyclic) bond motifs is 1. The van der Waals surface area contributed by atoms with Gasteiger partial charge in [-0.05, 0) is 19.1 Å². The summed E-state index contributed by atoms with van der Waals surface area (Å²) in [6.07, 6.45) is 2.79. The van der Waals surface area contributed by atoms with Gasteiger partial charge in [-0.25, -0.2) is 18.4 Å². The first-order valence-electron chi connectivity index (χ1n) is 9.15. The van der Waals surface area contributed by atoms with Gasteiger partial charge in [-0.1, -0.05) is 6.07 Å². The van der Waals surface area contributed by atoms with Gasteiger partial charge in [0.2, 0.25) is 15.9 Å². The first-order valence-corrected chi connectivity index (χ1v) is 11.4. The molecule has 0 atom stereocenters. The number of rotatable bonds is 5. The topological polar surface area (TPSA) is 123 Å². The highest BCUT2D eigenvalue weighted by Crippen LogP contribution is 2.33. The number of aromatic nitrogens is 3. The minimum Gasteiger partial charge on any atom is -0.379 e. The van der Waals surface area contributed by atoms with Crippen molar-refractivity contribution in [1.82, 2.24) is 18.8 Å². The van der Waals surface area contributed by atoms with E-state index >= 15 is 0 Å². The van der Waals surface area contributed by atoms with Crippen molar-refractivity contribution in [3.8, 4) is 0 Å². The third-order valence-corrected chi connectivity index (χ3v) is 7.83. The summed E-state index contributed by atoms with van der Waals surface area (Å²) >= 11 is 1.14. The van der Waals surface area contributed by atoms with E-state index in [1.165, 1.54) is 16.8 Å². The highest BCUT2D eigenvalue weighted by molar-refractivity contribution is 7.89. The number of sulfonamides is 1. The molecule has 1 amide bonds. The predicted molar refractivity (Wildman–Crippen MR) is 111 cm³/mol. The summed E-state index contributed by atoms with van der Waals surface area (Å²) in [5.41, 5.74) is -0.577. The van der Waals surface area contributed by atoms with Gasteiger partial charge in [-0.15, -0.1) is 11.3 Å². The Bertz CT molecular complexity index is 1250. The number of anilines is 1. The smallest absolute Gasteiger partial charge is 0.263 e. The summed E-state index contributed by atoms with van der Waals surface area (Å²) in [6, 6.07) is 5.06. The molecule has 0 unspecified atom stereocenters. The van der Waals surface area contributed by atoms with Crippen LogP contribution in [0.2, 0.25) is 0 Å². The Labute approximate surface area is 176 Å². The second-order valence-corrected chi connectivity index (χ2v) is 9.70. The number of carbonyl (C=O) groups excluding carboxylic acids is 1. The Morgan fingerprint density at radius 2 is 2.03 bits per heavy atom. The summed E-state index contributed by atoms with van der Waals surface area (Å²) in [5.74, 6) is -0.118. The zero-order chi connectivity index (χ0) is 21.3. The molecule has 4 heterocycles. The lowest BCUT2D eigenvalue weighted by Crippen LogP contribution is -2.41. The molecule has 1 saturated heterocycles. The van der Waals surface area contributed by atoms with E-state index in [1.807, 2.05) is 0 Å². The number of thiophene rings is 1. The molecule has 3 aromatic heterocycles. The van der Waals surface area contributed by atoms with E-state index in [1.54, 1.807) is 25.1 Å². The second-order valence-electron chi connectivity index (χ2n) is 6.62. The first-order chi connectivity index (χ1) is 14.4. The number of hydrogen-bond donors (Lipinski definition) is 1. The average Bonchev–Trinajstić information content (AvgIpc) is 3.09. The van der Waals surface area contributed by atoms with Crippen LogP contribution in [0.5, 0.6) is 0 Å². The maximum absolute atomic E-state index is 13.2. The van der Waals surface area contributed by atoms with E-state index in [4.69, 9.17) is 4.74 Å². The second kappa shape index (κ2) is 8.22. The van der Waals surface area contributed by atoms with Crippen LogP contribution < -0.4 is 10.9 Å². The van der Waals surface area contributed by atoms with Gasteiger partial charge in [0, 0.05) is 24.2 Å². The Hall–Kier alpha value is -2.67. The molecule has 1 N–H and O–H groups in total. The fraction of sp³-hybridized carbons (Fsp3) is 0.333. The molecule has 1 aliphatic rings. The molecule has 0 aromatic carbocycles. The fourth-order valence-corrected chi connectivity index (χ4v) is 6.30. The van der Waals surface area contributed by atoms with Crippen LogP contribution in [0, 0.1) is 6.92 Å². The summed E-state index contributed by atoms with van der Waals surface area (Å²) in [6.45, 7) is 2.38. The van der Waals surface area contributed by atoms with Crippen molar-refractivity contribution in [1.29, 1.82) is 0 Å². The molecule has 1 fully saturated rings. The van der Waals surface area contributed by atoms with Crippen molar-refractivity contribution in [2.75, 3.05) is 31.6 Å². The number of ether oxygens (including phenoxy) is 1. The standard InChI is InChI=1S/C18H19N5O5S2/c1-12-16(30(26,27)23-6-8-28-9-7-23)15-17(29-12)20-11-22(18(15)25)10-14(24)21-13-4-2-3-5-19-13/h2-5,11H,6-10H2,1H3,(H,19,21,24). The number of pyridine rings is 1. The predicted octanol–water partition coefficient (Wildman–Crippen LogP) is 0.821.